The van der Waals surface area contributed by atoms with Gasteiger partial charge in [0.15, 0.2) is 0 Å². The predicted octanol–water partition coefficient (Wildman–Crippen LogP) is 0.576. The summed E-state index contributed by atoms with van der Waals surface area (Å²) in [6.45, 7) is 1.42. The lowest BCUT2D eigenvalue weighted by Gasteiger charge is -1.84. The van der Waals surface area contributed by atoms with Crippen molar-refractivity contribution in [3.8, 4) is 0 Å². The molecular weight excluding hydrogens is 110 g/mol. The number of rotatable bonds is 2. The Morgan fingerprint density at radius 2 is 2.29 bits per heavy atom. The van der Waals surface area contributed by atoms with Gasteiger partial charge in [-0.2, -0.15) is 0 Å². The zero-order valence-corrected chi connectivity index (χ0v) is 4.84. The van der Waals surface area contributed by atoms with Crippen molar-refractivity contribution < 1.29 is 4.79 Å². The topological polar surface area (TPSA) is 40.9 Å². The summed E-state index contributed by atoms with van der Waals surface area (Å²) < 4.78 is 0. The maximum Gasteiger partial charge on any atom is 0.136 e. The van der Waals surface area contributed by atoms with Crippen LogP contribution in [0.15, 0.2) is 0 Å². The van der Waals surface area contributed by atoms with Gasteiger partial charge in [0.2, 0.25) is 0 Å². The van der Waals surface area contributed by atoms with Gasteiger partial charge in [0.05, 0.1) is 6.42 Å². The molecule has 0 heterocycles. The van der Waals surface area contributed by atoms with E-state index < -0.39 is 0 Å². The Kier molecular flexibility index (Phi) is 2.52. The lowest BCUT2D eigenvalue weighted by molar-refractivity contribution is -0.115. The molecule has 0 aliphatic heterocycles. The number of ketones is 1. The van der Waals surface area contributed by atoms with Gasteiger partial charge in [-0.1, -0.05) is 12.2 Å². The molecule has 0 aromatic heterocycles. The molecule has 0 aromatic rings. The highest BCUT2D eigenvalue weighted by atomic mass is 32.1. The van der Waals surface area contributed by atoms with E-state index in [4.69, 9.17) is 5.73 Å². The monoisotopic (exact) mass is 116 g/mol. The molecule has 0 aliphatic carbocycles. The summed E-state index contributed by atoms with van der Waals surface area (Å²) in [4.78, 5) is 10.1. The van der Waals surface area contributed by atoms with Crippen LogP contribution in [0.2, 0.25) is 0 Å². The summed E-state index contributed by atoms with van der Waals surface area (Å²) in [5.74, 6) is -0.0417. The minimum absolute atomic E-state index is 0.0208. The Balaban J connectivity index is 3.32. The zero-order valence-electron chi connectivity index (χ0n) is 4.02. The molecule has 0 rings (SSSR count). The van der Waals surface area contributed by atoms with Gasteiger partial charge < -0.3 is 0 Å². The molecule has 0 atom stereocenters. The minimum atomic E-state index is -0.0417. The molecule has 0 amide bonds. The highest BCUT2D eigenvalue weighted by molar-refractivity contribution is 7.80. The van der Waals surface area contributed by atoms with Crippen molar-refractivity contribution >= 4 is 23.0 Å². The van der Waals surface area contributed by atoms with Crippen LogP contribution in [0.3, 0.4) is 0 Å². The second-order valence-corrected chi connectivity index (χ2v) is 1.79. The number of Topliss-reactive ketones (excluding diaryl/α,β-unsaturated/α-hetero) is 1. The van der Waals surface area contributed by atoms with Gasteiger partial charge in [-0.3, -0.25) is 10.5 Å². The lowest BCUT2D eigenvalue weighted by Crippen LogP contribution is -2.00. The molecule has 0 saturated carbocycles. The Hall–Kier alpha value is -0.440. The Morgan fingerprint density at radius 1 is 1.86 bits per heavy atom. The molecule has 7 heavy (non-hydrogen) atoms. The first kappa shape index (κ1) is 6.56. The summed E-state index contributed by atoms with van der Waals surface area (Å²) in [5, 5.41) is 0. The van der Waals surface area contributed by atoms with Crippen molar-refractivity contribution in [2.45, 2.75) is 13.3 Å². The molecule has 3 heteroatoms. The summed E-state index contributed by atoms with van der Waals surface area (Å²) in [7, 11) is 0. The quantitative estimate of drug-likeness (QED) is 0.495. The van der Waals surface area contributed by atoms with Gasteiger partial charge in [-0.15, -0.1) is 0 Å². The van der Waals surface area contributed by atoms with Gasteiger partial charge in [-0.05, 0) is 6.92 Å². The summed E-state index contributed by atoms with van der Waals surface area (Å²) in [6.07, 6.45) is 0.120. The van der Waals surface area contributed by atoms with Crippen molar-refractivity contribution in [3.63, 3.8) is 0 Å². The highest BCUT2D eigenvalue weighted by Crippen LogP contribution is 1.80. The van der Waals surface area contributed by atoms with E-state index in [0.29, 0.717) is 0 Å². The lowest BCUT2D eigenvalue weighted by atomic mass is 10.3. The standard InChI is InChI=1S/C4H6NOS/c1-3(6)2-4(5)7/h5H,2H2,1H3. The van der Waals surface area contributed by atoms with Crippen LogP contribution < -0.4 is 5.73 Å². The third kappa shape index (κ3) is 5.56. The number of hydrogen-bond donors (Lipinski definition) is 0. The first-order chi connectivity index (χ1) is 3.13. The molecule has 0 fully saturated rings. The SMILES string of the molecule is CC(=O)CC([NH])=S. The van der Waals surface area contributed by atoms with Crippen LogP contribution in [0.25, 0.3) is 0 Å². The summed E-state index contributed by atoms with van der Waals surface area (Å²) >= 11 is 4.32. The average Bonchev–Trinajstić information content (AvgIpc) is 1.27. The molecular formula is C4H6NOS. The van der Waals surface area contributed by atoms with Crippen LogP contribution in [0.1, 0.15) is 13.3 Å². The van der Waals surface area contributed by atoms with Crippen LogP contribution in [0, 0.1) is 0 Å². The largest absolute Gasteiger partial charge is 0.300 e. The molecule has 0 bridgehead atoms. The van der Waals surface area contributed by atoms with Crippen molar-refractivity contribution in [2.75, 3.05) is 0 Å². The van der Waals surface area contributed by atoms with Crippen molar-refractivity contribution in [1.29, 1.82) is 0 Å². The van der Waals surface area contributed by atoms with Crippen LogP contribution in [0.5, 0.6) is 0 Å². The second kappa shape index (κ2) is 2.69. The van der Waals surface area contributed by atoms with Crippen molar-refractivity contribution in [3.05, 3.63) is 0 Å². The maximum absolute atomic E-state index is 10.0. The van der Waals surface area contributed by atoms with E-state index in [2.05, 4.69) is 12.2 Å². The molecule has 39 valence electrons. The fourth-order valence-electron chi connectivity index (χ4n) is 0.226. The number of hydrogen-bond acceptors (Lipinski definition) is 2. The van der Waals surface area contributed by atoms with E-state index in [-0.39, 0.29) is 17.2 Å². The number of nitrogens with one attached hydrogen (secondary N) is 1. The molecule has 2 nitrogen and oxygen atoms in total. The van der Waals surface area contributed by atoms with Gasteiger partial charge >= 0.3 is 0 Å². The fraction of sp³-hybridized carbons (Fsp3) is 0.500. The Morgan fingerprint density at radius 3 is 2.29 bits per heavy atom. The highest BCUT2D eigenvalue weighted by Gasteiger charge is 1.92. The van der Waals surface area contributed by atoms with E-state index >= 15 is 0 Å². The number of carbonyl (C=O) groups excluding carboxylic acids is 1. The summed E-state index contributed by atoms with van der Waals surface area (Å²) in [6, 6.07) is 0. The van der Waals surface area contributed by atoms with E-state index in [1.807, 2.05) is 0 Å². The van der Waals surface area contributed by atoms with Crippen LogP contribution >= 0.6 is 12.2 Å². The second-order valence-electron chi connectivity index (χ2n) is 1.30. The van der Waals surface area contributed by atoms with Gasteiger partial charge in [0.1, 0.15) is 10.8 Å². The van der Waals surface area contributed by atoms with Crippen LogP contribution in [-0.4, -0.2) is 10.8 Å². The maximum atomic E-state index is 10.0. The van der Waals surface area contributed by atoms with Gasteiger partial charge in [0.25, 0.3) is 0 Å². The average molecular weight is 116 g/mol. The Labute approximate surface area is 47.7 Å². The third-order valence-corrected chi connectivity index (χ3v) is 0.554. The van der Waals surface area contributed by atoms with Gasteiger partial charge in [0, 0.05) is 0 Å². The van der Waals surface area contributed by atoms with Crippen LogP contribution in [0.4, 0.5) is 0 Å². The molecule has 0 spiro atoms. The molecule has 1 N–H and O–H groups in total. The van der Waals surface area contributed by atoms with Gasteiger partial charge in [-0.25, -0.2) is 0 Å². The first-order valence-corrected chi connectivity index (χ1v) is 2.27. The van der Waals surface area contributed by atoms with E-state index in [0.717, 1.165) is 0 Å². The predicted molar refractivity (Wildman–Crippen MR) is 31.0 cm³/mol. The molecule has 0 aromatic carbocycles. The van der Waals surface area contributed by atoms with Crippen molar-refractivity contribution in [1.82, 2.24) is 5.73 Å². The van der Waals surface area contributed by atoms with E-state index in [9.17, 15) is 4.79 Å². The molecule has 0 aliphatic rings. The van der Waals surface area contributed by atoms with E-state index in [1.54, 1.807) is 0 Å². The smallest absolute Gasteiger partial charge is 0.136 e. The van der Waals surface area contributed by atoms with Crippen molar-refractivity contribution in [2.24, 2.45) is 0 Å². The molecule has 0 unspecified atom stereocenters. The molecule has 1 radical (unpaired) electrons. The number of carbonyl (C=O) groups is 1. The van der Waals surface area contributed by atoms with E-state index in [1.165, 1.54) is 6.92 Å². The number of thiocarbonyl (C=S) groups is 1. The first-order valence-electron chi connectivity index (χ1n) is 1.87. The summed E-state index contributed by atoms with van der Waals surface area (Å²) in [5.41, 5.74) is 6.62. The zero-order chi connectivity index (χ0) is 5.86. The van der Waals surface area contributed by atoms with Crippen LogP contribution in [-0.2, 0) is 4.79 Å². The fourth-order valence-corrected chi connectivity index (χ4v) is 0.429. The third-order valence-electron chi connectivity index (χ3n) is 0.410. The minimum Gasteiger partial charge on any atom is -0.300 e. The Bertz CT molecular complexity index is 87.9. The normalized spacial score (nSPS) is 8.14. The molecule has 0 saturated heterocycles.